The summed E-state index contributed by atoms with van der Waals surface area (Å²) in [5, 5.41) is 0. The van der Waals surface area contributed by atoms with Crippen LogP contribution in [-0.4, -0.2) is 17.5 Å². The Hall–Kier alpha value is -0.530. The van der Waals surface area contributed by atoms with Crippen LogP contribution in [0.5, 0.6) is 0 Å². The molecule has 16 heavy (non-hydrogen) atoms. The second-order valence-corrected chi connectivity index (χ2v) is 6.05. The Labute approximate surface area is 100 Å². The standard InChI is InChI=1S/C14H27NO/c1-7-10(2)8-11(3)13-15-14(5,6)9-12(4)16-13/h10-12H,7-9H2,1-6H3/t10-,11-,12+/m1/s1. The molecule has 0 amide bonds. The van der Waals surface area contributed by atoms with Gasteiger partial charge in [0.1, 0.15) is 0 Å². The molecule has 0 aromatic rings. The Bertz CT molecular complexity index is 257. The minimum absolute atomic E-state index is 0.0523. The Morgan fingerprint density at radius 3 is 2.56 bits per heavy atom. The van der Waals surface area contributed by atoms with Gasteiger partial charge in [0.15, 0.2) is 5.90 Å². The van der Waals surface area contributed by atoms with Crippen LogP contribution in [0.15, 0.2) is 4.99 Å². The molecule has 0 saturated carbocycles. The summed E-state index contributed by atoms with van der Waals surface area (Å²) >= 11 is 0. The van der Waals surface area contributed by atoms with Crippen molar-refractivity contribution in [2.75, 3.05) is 0 Å². The van der Waals surface area contributed by atoms with Gasteiger partial charge in [-0.2, -0.15) is 0 Å². The number of hydrogen-bond acceptors (Lipinski definition) is 2. The van der Waals surface area contributed by atoms with E-state index in [1.165, 1.54) is 12.8 Å². The zero-order valence-electron chi connectivity index (χ0n) is 11.7. The molecule has 1 rings (SSSR count). The highest BCUT2D eigenvalue weighted by atomic mass is 16.5. The molecule has 2 nitrogen and oxygen atoms in total. The molecule has 0 saturated heterocycles. The highest BCUT2D eigenvalue weighted by molar-refractivity contribution is 5.79. The SMILES string of the molecule is CC[C@@H](C)C[C@@H](C)C1=NC(C)(C)C[C@H](C)O1. The van der Waals surface area contributed by atoms with E-state index >= 15 is 0 Å². The smallest absolute Gasteiger partial charge is 0.186 e. The molecule has 0 bridgehead atoms. The molecule has 0 aromatic carbocycles. The first-order chi connectivity index (χ1) is 7.34. The van der Waals surface area contributed by atoms with Crippen LogP contribution in [0.3, 0.4) is 0 Å². The lowest BCUT2D eigenvalue weighted by atomic mass is 9.92. The molecule has 1 aliphatic rings. The van der Waals surface area contributed by atoms with E-state index in [0.29, 0.717) is 12.0 Å². The van der Waals surface area contributed by atoms with Crippen LogP contribution in [0.25, 0.3) is 0 Å². The summed E-state index contributed by atoms with van der Waals surface area (Å²) in [6.07, 6.45) is 3.74. The zero-order valence-corrected chi connectivity index (χ0v) is 11.7. The van der Waals surface area contributed by atoms with Crippen molar-refractivity contribution in [3.05, 3.63) is 0 Å². The van der Waals surface area contributed by atoms with Crippen LogP contribution in [0.2, 0.25) is 0 Å². The maximum absolute atomic E-state index is 5.88. The second-order valence-electron chi connectivity index (χ2n) is 6.05. The normalized spacial score (nSPS) is 27.9. The lowest BCUT2D eigenvalue weighted by Crippen LogP contribution is -2.36. The fourth-order valence-corrected chi connectivity index (χ4v) is 2.42. The Kier molecular flexibility index (Phi) is 4.40. The van der Waals surface area contributed by atoms with Crippen molar-refractivity contribution in [1.29, 1.82) is 0 Å². The van der Waals surface area contributed by atoms with Gasteiger partial charge in [-0.15, -0.1) is 0 Å². The molecule has 2 heteroatoms. The summed E-state index contributed by atoms with van der Waals surface area (Å²) in [7, 11) is 0. The average Bonchev–Trinajstić information content (AvgIpc) is 2.14. The number of hydrogen-bond donors (Lipinski definition) is 0. The lowest BCUT2D eigenvalue weighted by Gasteiger charge is -2.34. The first-order valence-electron chi connectivity index (χ1n) is 6.60. The van der Waals surface area contributed by atoms with Crippen LogP contribution < -0.4 is 0 Å². The monoisotopic (exact) mass is 225 g/mol. The van der Waals surface area contributed by atoms with Gasteiger partial charge in [0, 0.05) is 12.3 Å². The number of ether oxygens (including phenoxy) is 1. The van der Waals surface area contributed by atoms with Crippen LogP contribution in [0.1, 0.15) is 60.8 Å². The number of rotatable bonds is 4. The topological polar surface area (TPSA) is 21.6 Å². The van der Waals surface area contributed by atoms with Gasteiger partial charge in [0.25, 0.3) is 0 Å². The van der Waals surface area contributed by atoms with E-state index in [2.05, 4.69) is 41.5 Å². The van der Waals surface area contributed by atoms with E-state index in [1.807, 2.05) is 0 Å². The van der Waals surface area contributed by atoms with Gasteiger partial charge in [0.05, 0.1) is 11.6 Å². The summed E-state index contributed by atoms with van der Waals surface area (Å²) in [6.45, 7) is 13.3. The minimum Gasteiger partial charge on any atom is -0.478 e. The second kappa shape index (κ2) is 5.20. The molecule has 0 unspecified atom stereocenters. The third-order valence-electron chi connectivity index (χ3n) is 3.40. The number of aliphatic imine (C=N–C) groups is 1. The lowest BCUT2D eigenvalue weighted by molar-refractivity contribution is 0.130. The summed E-state index contributed by atoms with van der Waals surface area (Å²) in [6, 6.07) is 0. The molecule has 94 valence electrons. The Morgan fingerprint density at radius 2 is 2.06 bits per heavy atom. The molecular formula is C14H27NO. The highest BCUT2D eigenvalue weighted by Gasteiger charge is 2.30. The quantitative estimate of drug-likeness (QED) is 0.707. The number of nitrogens with zero attached hydrogens (tertiary/aromatic N) is 1. The summed E-state index contributed by atoms with van der Waals surface area (Å²) in [4.78, 5) is 4.75. The third kappa shape index (κ3) is 3.80. The van der Waals surface area contributed by atoms with Crippen LogP contribution >= 0.6 is 0 Å². The van der Waals surface area contributed by atoms with Gasteiger partial charge in [-0.05, 0) is 33.1 Å². The summed E-state index contributed by atoms with van der Waals surface area (Å²) < 4.78 is 5.88. The molecule has 0 fully saturated rings. The molecule has 0 spiro atoms. The van der Waals surface area contributed by atoms with Crippen molar-refractivity contribution in [3.8, 4) is 0 Å². The summed E-state index contributed by atoms with van der Waals surface area (Å²) in [5.74, 6) is 2.18. The van der Waals surface area contributed by atoms with E-state index < -0.39 is 0 Å². The van der Waals surface area contributed by atoms with E-state index in [4.69, 9.17) is 9.73 Å². The minimum atomic E-state index is 0.0523. The highest BCUT2D eigenvalue weighted by Crippen LogP contribution is 2.28. The van der Waals surface area contributed by atoms with Gasteiger partial charge in [-0.3, -0.25) is 0 Å². The van der Waals surface area contributed by atoms with E-state index in [0.717, 1.165) is 18.2 Å². The molecule has 0 N–H and O–H groups in total. The van der Waals surface area contributed by atoms with Crippen molar-refractivity contribution in [2.45, 2.75) is 72.4 Å². The van der Waals surface area contributed by atoms with Gasteiger partial charge < -0.3 is 4.74 Å². The average molecular weight is 225 g/mol. The Morgan fingerprint density at radius 1 is 1.44 bits per heavy atom. The first-order valence-corrected chi connectivity index (χ1v) is 6.60. The van der Waals surface area contributed by atoms with Gasteiger partial charge in [0.2, 0.25) is 0 Å². The van der Waals surface area contributed by atoms with Crippen molar-refractivity contribution >= 4 is 5.90 Å². The summed E-state index contributed by atoms with van der Waals surface area (Å²) in [5.41, 5.74) is 0.0523. The van der Waals surface area contributed by atoms with Gasteiger partial charge in [-0.25, -0.2) is 4.99 Å². The predicted molar refractivity (Wildman–Crippen MR) is 69.9 cm³/mol. The molecule has 0 radical (unpaired) electrons. The largest absolute Gasteiger partial charge is 0.478 e. The van der Waals surface area contributed by atoms with Crippen LogP contribution in [-0.2, 0) is 4.74 Å². The Balaban J connectivity index is 2.68. The van der Waals surface area contributed by atoms with E-state index in [1.54, 1.807) is 0 Å². The van der Waals surface area contributed by atoms with E-state index in [9.17, 15) is 0 Å². The molecule has 1 heterocycles. The molecule has 1 aliphatic heterocycles. The zero-order chi connectivity index (χ0) is 12.3. The van der Waals surface area contributed by atoms with Crippen molar-refractivity contribution in [2.24, 2.45) is 16.8 Å². The predicted octanol–water partition coefficient (Wildman–Crippen LogP) is 4.04. The third-order valence-corrected chi connectivity index (χ3v) is 3.40. The molecule has 0 aromatic heterocycles. The molecular weight excluding hydrogens is 198 g/mol. The van der Waals surface area contributed by atoms with Crippen LogP contribution in [0, 0.1) is 11.8 Å². The fraction of sp³-hybridized carbons (Fsp3) is 0.929. The van der Waals surface area contributed by atoms with Gasteiger partial charge >= 0.3 is 0 Å². The first kappa shape index (κ1) is 13.5. The molecule has 0 aliphatic carbocycles. The van der Waals surface area contributed by atoms with Crippen LogP contribution in [0.4, 0.5) is 0 Å². The van der Waals surface area contributed by atoms with Crippen molar-refractivity contribution < 1.29 is 4.74 Å². The van der Waals surface area contributed by atoms with E-state index in [-0.39, 0.29) is 5.54 Å². The maximum atomic E-state index is 5.88. The van der Waals surface area contributed by atoms with Gasteiger partial charge in [-0.1, -0.05) is 27.2 Å². The van der Waals surface area contributed by atoms with Crippen molar-refractivity contribution in [3.63, 3.8) is 0 Å². The fourth-order valence-electron chi connectivity index (χ4n) is 2.42. The van der Waals surface area contributed by atoms with Crippen molar-refractivity contribution in [1.82, 2.24) is 0 Å². The molecule has 3 atom stereocenters. The maximum Gasteiger partial charge on any atom is 0.186 e.